The number of thiophene rings is 1. The average Bonchev–Trinajstić information content (AvgIpc) is 3.24. The molecule has 0 aliphatic carbocycles. The van der Waals surface area contributed by atoms with Gasteiger partial charge in [-0.3, -0.25) is 9.36 Å². The van der Waals surface area contributed by atoms with Gasteiger partial charge in [0.15, 0.2) is 11.6 Å². The number of hydrogen-bond donors (Lipinski definition) is 1. The maximum absolute atomic E-state index is 14.0. The molecule has 0 aliphatic heterocycles. The molecule has 29 heavy (non-hydrogen) atoms. The standard InChI is InChI=1S/C23H19FN2O2S/c1-15-20(19-11-6-14-29-19)23(28)26(13-12-16-7-3-2-4-8-16)22(25-15)17-9-5-10-18(24)21(17)27/h2-11,14,27H,12-13H2,1H3. The number of phenols is 1. The summed E-state index contributed by atoms with van der Waals surface area (Å²) in [5.41, 5.74) is 2.16. The fraction of sp³-hybridized carbons (Fsp3) is 0.130. The van der Waals surface area contributed by atoms with Crippen molar-refractivity contribution in [2.24, 2.45) is 0 Å². The number of phenolic OH excluding ortho intramolecular Hbond substituents is 1. The molecule has 0 unspecified atom stereocenters. The van der Waals surface area contributed by atoms with Gasteiger partial charge in [-0.15, -0.1) is 11.3 Å². The lowest BCUT2D eigenvalue weighted by atomic mass is 10.1. The molecule has 4 aromatic rings. The Morgan fingerprint density at radius 2 is 1.86 bits per heavy atom. The number of aromatic nitrogens is 2. The molecular weight excluding hydrogens is 387 g/mol. The second-order valence-corrected chi connectivity index (χ2v) is 7.65. The van der Waals surface area contributed by atoms with E-state index in [1.54, 1.807) is 13.0 Å². The van der Waals surface area contributed by atoms with Crippen LogP contribution in [0, 0.1) is 12.7 Å². The Balaban J connectivity index is 1.90. The van der Waals surface area contributed by atoms with Crippen LogP contribution in [-0.2, 0) is 13.0 Å². The van der Waals surface area contributed by atoms with Crippen molar-refractivity contribution in [3.8, 4) is 27.6 Å². The van der Waals surface area contributed by atoms with E-state index in [0.717, 1.165) is 10.4 Å². The van der Waals surface area contributed by atoms with Crippen molar-refractivity contribution < 1.29 is 9.50 Å². The quantitative estimate of drug-likeness (QED) is 0.505. The van der Waals surface area contributed by atoms with Crippen molar-refractivity contribution in [2.75, 3.05) is 0 Å². The van der Waals surface area contributed by atoms with E-state index in [4.69, 9.17) is 0 Å². The van der Waals surface area contributed by atoms with Gasteiger partial charge in [0.1, 0.15) is 5.82 Å². The summed E-state index contributed by atoms with van der Waals surface area (Å²) in [5, 5.41) is 12.2. The second kappa shape index (κ2) is 8.01. The minimum absolute atomic E-state index is 0.199. The highest BCUT2D eigenvalue weighted by Crippen LogP contribution is 2.32. The zero-order valence-corrected chi connectivity index (χ0v) is 16.6. The summed E-state index contributed by atoms with van der Waals surface area (Å²) in [6.45, 7) is 2.12. The molecule has 6 heteroatoms. The number of halogens is 1. The zero-order valence-electron chi connectivity index (χ0n) is 15.8. The van der Waals surface area contributed by atoms with Crippen LogP contribution in [0.5, 0.6) is 5.75 Å². The predicted molar refractivity (Wildman–Crippen MR) is 114 cm³/mol. The lowest BCUT2D eigenvalue weighted by Gasteiger charge is -2.16. The smallest absolute Gasteiger partial charge is 0.262 e. The molecule has 0 saturated heterocycles. The topological polar surface area (TPSA) is 55.1 Å². The third-order valence-electron chi connectivity index (χ3n) is 4.81. The summed E-state index contributed by atoms with van der Waals surface area (Å²) in [5.74, 6) is -0.983. The van der Waals surface area contributed by atoms with Gasteiger partial charge in [-0.2, -0.15) is 0 Å². The molecule has 0 atom stereocenters. The molecule has 0 fully saturated rings. The van der Waals surface area contributed by atoms with Gasteiger partial charge in [-0.25, -0.2) is 9.37 Å². The van der Waals surface area contributed by atoms with E-state index in [1.165, 1.54) is 28.0 Å². The molecule has 4 rings (SSSR count). The summed E-state index contributed by atoms with van der Waals surface area (Å²) in [6, 6.07) is 17.8. The first-order chi connectivity index (χ1) is 14.1. The normalized spacial score (nSPS) is 11.0. The lowest BCUT2D eigenvalue weighted by Crippen LogP contribution is -2.27. The monoisotopic (exact) mass is 406 g/mol. The first kappa shape index (κ1) is 19.1. The van der Waals surface area contributed by atoms with Crippen molar-refractivity contribution in [3.63, 3.8) is 0 Å². The summed E-state index contributed by atoms with van der Waals surface area (Å²) in [7, 11) is 0. The van der Waals surface area contributed by atoms with Crippen LogP contribution in [0.25, 0.3) is 21.8 Å². The summed E-state index contributed by atoms with van der Waals surface area (Å²) in [6.07, 6.45) is 0.610. The SMILES string of the molecule is Cc1nc(-c2cccc(F)c2O)n(CCc2ccccc2)c(=O)c1-c1cccs1. The maximum Gasteiger partial charge on any atom is 0.262 e. The van der Waals surface area contributed by atoms with Gasteiger partial charge in [0.05, 0.1) is 16.8 Å². The van der Waals surface area contributed by atoms with Crippen molar-refractivity contribution in [1.29, 1.82) is 0 Å². The fourth-order valence-electron chi connectivity index (χ4n) is 3.36. The Bertz CT molecular complexity index is 1200. The molecule has 1 N–H and O–H groups in total. The molecule has 0 bridgehead atoms. The van der Waals surface area contributed by atoms with Crippen molar-refractivity contribution in [2.45, 2.75) is 19.9 Å². The Kier molecular flexibility index (Phi) is 5.27. The molecule has 0 amide bonds. The van der Waals surface area contributed by atoms with E-state index in [9.17, 15) is 14.3 Å². The average molecular weight is 406 g/mol. The molecule has 0 spiro atoms. The Labute approximate surface area is 171 Å². The largest absolute Gasteiger partial charge is 0.504 e. The van der Waals surface area contributed by atoms with E-state index >= 15 is 0 Å². The number of benzene rings is 2. The summed E-state index contributed by atoms with van der Waals surface area (Å²) in [4.78, 5) is 18.9. The summed E-state index contributed by atoms with van der Waals surface area (Å²) < 4.78 is 15.5. The Hall–Kier alpha value is -3.25. The minimum Gasteiger partial charge on any atom is -0.504 e. The molecule has 146 valence electrons. The van der Waals surface area contributed by atoms with Crippen LogP contribution in [0.3, 0.4) is 0 Å². The van der Waals surface area contributed by atoms with Crippen molar-refractivity contribution in [1.82, 2.24) is 9.55 Å². The molecular formula is C23H19FN2O2S. The number of hydrogen-bond acceptors (Lipinski definition) is 4. The first-order valence-electron chi connectivity index (χ1n) is 9.23. The predicted octanol–water partition coefficient (Wildman–Crippen LogP) is 5.03. The molecule has 0 saturated carbocycles. The van der Waals surface area contributed by atoms with Gasteiger partial charge in [0, 0.05) is 11.4 Å². The molecule has 2 heterocycles. The van der Waals surface area contributed by atoms with Gasteiger partial charge in [0.25, 0.3) is 5.56 Å². The van der Waals surface area contributed by atoms with Crippen molar-refractivity contribution in [3.05, 3.63) is 93.5 Å². The number of aryl methyl sites for hydroxylation is 2. The zero-order chi connectivity index (χ0) is 20.4. The molecule has 0 aliphatic rings. The van der Waals surface area contributed by atoms with Crippen LogP contribution in [0.1, 0.15) is 11.3 Å². The third kappa shape index (κ3) is 3.71. The lowest BCUT2D eigenvalue weighted by molar-refractivity contribution is 0.433. The van der Waals surface area contributed by atoms with Crippen molar-refractivity contribution >= 4 is 11.3 Å². The van der Waals surface area contributed by atoms with Crippen LogP contribution in [0.15, 0.2) is 70.8 Å². The van der Waals surface area contributed by atoms with E-state index < -0.39 is 11.6 Å². The third-order valence-corrected chi connectivity index (χ3v) is 5.70. The first-order valence-corrected chi connectivity index (χ1v) is 10.1. The molecule has 2 aromatic heterocycles. The van der Waals surface area contributed by atoms with E-state index in [-0.39, 0.29) is 16.9 Å². The summed E-state index contributed by atoms with van der Waals surface area (Å²) >= 11 is 1.47. The fourth-order valence-corrected chi connectivity index (χ4v) is 4.17. The number of para-hydroxylation sites is 1. The molecule has 2 aromatic carbocycles. The van der Waals surface area contributed by atoms with Crippen LogP contribution >= 0.6 is 11.3 Å². The highest BCUT2D eigenvalue weighted by molar-refractivity contribution is 7.13. The van der Waals surface area contributed by atoms with Gasteiger partial charge in [-0.05, 0) is 42.5 Å². The van der Waals surface area contributed by atoms with Gasteiger partial charge < -0.3 is 5.11 Å². The number of rotatable bonds is 5. The number of aromatic hydroxyl groups is 1. The van der Waals surface area contributed by atoms with E-state index in [2.05, 4.69) is 4.98 Å². The van der Waals surface area contributed by atoms with E-state index in [1.807, 2.05) is 47.8 Å². The highest BCUT2D eigenvalue weighted by atomic mass is 32.1. The number of nitrogens with zero attached hydrogens (tertiary/aromatic N) is 2. The minimum atomic E-state index is -0.744. The van der Waals surface area contributed by atoms with Gasteiger partial charge in [0.2, 0.25) is 0 Å². The highest BCUT2D eigenvalue weighted by Gasteiger charge is 2.20. The molecule has 4 nitrogen and oxygen atoms in total. The Morgan fingerprint density at radius 3 is 2.59 bits per heavy atom. The van der Waals surface area contributed by atoms with Crippen LogP contribution in [0.2, 0.25) is 0 Å². The maximum atomic E-state index is 14.0. The van der Waals surface area contributed by atoms with Crippen LogP contribution < -0.4 is 5.56 Å². The molecule has 0 radical (unpaired) electrons. The van der Waals surface area contributed by atoms with E-state index in [0.29, 0.717) is 24.2 Å². The van der Waals surface area contributed by atoms with Crippen LogP contribution in [-0.4, -0.2) is 14.7 Å². The Morgan fingerprint density at radius 1 is 1.07 bits per heavy atom. The van der Waals surface area contributed by atoms with Crippen LogP contribution in [0.4, 0.5) is 4.39 Å². The van der Waals surface area contributed by atoms with Gasteiger partial charge in [-0.1, -0.05) is 42.5 Å². The second-order valence-electron chi connectivity index (χ2n) is 6.70. The van der Waals surface area contributed by atoms with Gasteiger partial charge >= 0.3 is 0 Å².